The van der Waals surface area contributed by atoms with Crippen LogP contribution in [-0.4, -0.2) is 37.5 Å². The van der Waals surface area contributed by atoms with Crippen LogP contribution in [0.25, 0.3) is 0 Å². The maximum atomic E-state index is 11.8. The zero-order valence-corrected chi connectivity index (χ0v) is 11.4. The number of esters is 1. The van der Waals surface area contributed by atoms with Gasteiger partial charge in [-0.25, -0.2) is 0 Å². The third-order valence-electron chi connectivity index (χ3n) is 2.16. The van der Waals surface area contributed by atoms with Gasteiger partial charge in [-0.15, -0.1) is 0 Å². The molecule has 0 aromatic carbocycles. The lowest BCUT2D eigenvalue weighted by Crippen LogP contribution is -2.40. The monoisotopic (exact) mass is 229 g/mol. The van der Waals surface area contributed by atoms with Gasteiger partial charge in [-0.05, 0) is 34.6 Å². The molecule has 0 aromatic heterocycles. The van der Waals surface area contributed by atoms with E-state index >= 15 is 0 Å². The van der Waals surface area contributed by atoms with E-state index in [1.54, 1.807) is 48.7 Å². The van der Waals surface area contributed by atoms with Gasteiger partial charge in [0.1, 0.15) is 6.61 Å². The second-order valence-electron chi connectivity index (χ2n) is 5.91. The van der Waals surface area contributed by atoms with Crippen molar-refractivity contribution in [2.24, 2.45) is 10.8 Å². The van der Waals surface area contributed by atoms with Crippen molar-refractivity contribution in [1.82, 2.24) is 4.90 Å². The maximum absolute atomic E-state index is 11.8. The molecule has 0 N–H and O–H groups in total. The molecule has 0 fully saturated rings. The molecule has 0 aliphatic heterocycles. The standard InChI is InChI=1S/C12H23NO3/c1-11(2,3)10(15)16-8-12(4,5)9(14)13(6)7/h8H2,1-7H3. The Hall–Kier alpha value is -1.06. The average Bonchev–Trinajstić information content (AvgIpc) is 2.11. The molecule has 0 spiro atoms. The fraction of sp³-hybridized carbons (Fsp3) is 0.833. The summed E-state index contributed by atoms with van der Waals surface area (Å²) in [7, 11) is 3.38. The number of ether oxygens (including phenoxy) is 1. The summed E-state index contributed by atoms with van der Waals surface area (Å²) in [5, 5.41) is 0. The number of carbonyl (C=O) groups is 2. The molecule has 4 nitrogen and oxygen atoms in total. The minimum absolute atomic E-state index is 0.0470. The van der Waals surface area contributed by atoms with Crippen LogP contribution in [0.2, 0.25) is 0 Å². The molecule has 0 aliphatic carbocycles. The van der Waals surface area contributed by atoms with Crippen LogP contribution in [0.3, 0.4) is 0 Å². The molecule has 0 radical (unpaired) electrons. The number of rotatable bonds is 3. The molecule has 0 bridgehead atoms. The number of carbonyl (C=O) groups excluding carboxylic acids is 2. The molecule has 1 amide bonds. The Balaban J connectivity index is 4.41. The summed E-state index contributed by atoms with van der Waals surface area (Å²) < 4.78 is 5.16. The normalized spacial score (nSPS) is 12.2. The van der Waals surface area contributed by atoms with Crippen molar-refractivity contribution >= 4 is 11.9 Å². The lowest BCUT2D eigenvalue weighted by Gasteiger charge is -2.28. The highest BCUT2D eigenvalue weighted by atomic mass is 16.5. The van der Waals surface area contributed by atoms with Crippen LogP contribution in [-0.2, 0) is 14.3 Å². The van der Waals surface area contributed by atoms with Crippen molar-refractivity contribution in [1.29, 1.82) is 0 Å². The Morgan fingerprint density at radius 3 is 1.81 bits per heavy atom. The number of nitrogens with zero attached hydrogens (tertiary/aromatic N) is 1. The molecule has 0 unspecified atom stereocenters. The molecule has 16 heavy (non-hydrogen) atoms. The molecule has 0 heterocycles. The SMILES string of the molecule is CN(C)C(=O)C(C)(C)COC(=O)C(C)(C)C. The topological polar surface area (TPSA) is 46.6 Å². The van der Waals surface area contributed by atoms with E-state index in [0.717, 1.165) is 0 Å². The lowest BCUT2D eigenvalue weighted by atomic mass is 9.92. The fourth-order valence-electron chi connectivity index (χ4n) is 1.13. The molecule has 0 atom stereocenters. The van der Waals surface area contributed by atoms with Crippen LogP contribution in [0.4, 0.5) is 0 Å². The Morgan fingerprint density at radius 2 is 1.50 bits per heavy atom. The highest BCUT2D eigenvalue weighted by Gasteiger charge is 2.32. The van der Waals surface area contributed by atoms with Gasteiger partial charge in [0, 0.05) is 14.1 Å². The van der Waals surface area contributed by atoms with E-state index < -0.39 is 10.8 Å². The Labute approximate surface area is 98.0 Å². The van der Waals surface area contributed by atoms with E-state index in [1.165, 1.54) is 4.90 Å². The van der Waals surface area contributed by atoms with Crippen LogP contribution in [0.15, 0.2) is 0 Å². The zero-order chi connectivity index (χ0) is 13.1. The molecule has 0 aliphatic rings. The minimum atomic E-state index is -0.676. The van der Waals surface area contributed by atoms with Crippen LogP contribution < -0.4 is 0 Å². The van der Waals surface area contributed by atoms with E-state index in [-0.39, 0.29) is 18.5 Å². The molecule has 0 saturated carbocycles. The molecule has 0 aromatic rings. The van der Waals surface area contributed by atoms with Crippen molar-refractivity contribution in [3.63, 3.8) is 0 Å². The minimum Gasteiger partial charge on any atom is -0.464 e. The largest absolute Gasteiger partial charge is 0.464 e. The van der Waals surface area contributed by atoms with Gasteiger partial charge in [0.15, 0.2) is 0 Å². The van der Waals surface area contributed by atoms with Gasteiger partial charge in [-0.1, -0.05) is 0 Å². The molecule has 94 valence electrons. The van der Waals surface area contributed by atoms with Crippen molar-refractivity contribution < 1.29 is 14.3 Å². The van der Waals surface area contributed by atoms with Crippen LogP contribution >= 0.6 is 0 Å². The first-order chi connectivity index (χ1) is 6.98. The summed E-state index contributed by atoms with van der Waals surface area (Å²) in [6, 6.07) is 0. The van der Waals surface area contributed by atoms with Gasteiger partial charge in [0.2, 0.25) is 5.91 Å². The highest BCUT2D eigenvalue weighted by Crippen LogP contribution is 2.21. The van der Waals surface area contributed by atoms with Gasteiger partial charge in [0.05, 0.1) is 10.8 Å². The first-order valence-electron chi connectivity index (χ1n) is 5.37. The smallest absolute Gasteiger partial charge is 0.311 e. The molecular formula is C12H23NO3. The van der Waals surface area contributed by atoms with Crippen LogP contribution in [0, 0.1) is 10.8 Å². The lowest BCUT2D eigenvalue weighted by molar-refractivity contribution is -0.159. The van der Waals surface area contributed by atoms with E-state index in [0.29, 0.717) is 0 Å². The van der Waals surface area contributed by atoms with Crippen LogP contribution in [0.5, 0.6) is 0 Å². The Kier molecular flexibility index (Phi) is 4.53. The van der Waals surface area contributed by atoms with Gasteiger partial charge in [-0.2, -0.15) is 0 Å². The summed E-state index contributed by atoms with van der Waals surface area (Å²) >= 11 is 0. The first-order valence-corrected chi connectivity index (χ1v) is 5.37. The number of hydrogen-bond donors (Lipinski definition) is 0. The number of amides is 1. The summed E-state index contributed by atoms with van der Waals surface area (Å²) in [6.45, 7) is 9.01. The number of hydrogen-bond acceptors (Lipinski definition) is 3. The van der Waals surface area contributed by atoms with E-state index in [2.05, 4.69) is 0 Å². The summed E-state index contributed by atoms with van der Waals surface area (Å²) in [5.41, 5.74) is -1.21. The van der Waals surface area contributed by atoms with Gasteiger partial charge in [-0.3, -0.25) is 9.59 Å². The molecule has 0 rings (SSSR count). The third-order valence-corrected chi connectivity index (χ3v) is 2.16. The quantitative estimate of drug-likeness (QED) is 0.692. The Bertz CT molecular complexity index is 274. The average molecular weight is 229 g/mol. The third kappa shape index (κ3) is 4.21. The maximum Gasteiger partial charge on any atom is 0.311 e. The predicted octanol–water partition coefficient (Wildman–Crippen LogP) is 1.69. The molecule has 4 heteroatoms. The fourth-order valence-corrected chi connectivity index (χ4v) is 1.13. The predicted molar refractivity (Wildman–Crippen MR) is 62.9 cm³/mol. The first kappa shape index (κ1) is 14.9. The van der Waals surface area contributed by atoms with E-state index in [1.807, 2.05) is 0 Å². The van der Waals surface area contributed by atoms with Crippen molar-refractivity contribution in [3.05, 3.63) is 0 Å². The van der Waals surface area contributed by atoms with E-state index in [9.17, 15) is 9.59 Å². The van der Waals surface area contributed by atoms with Gasteiger partial charge < -0.3 is 9.64 Å². The zero-order valence-electron chi connectivity index (χ0n) is 11.4. The second kappa shape index (κ2) is 4.85. The second-order valence-corrected chi connectivity index (χ2v) is 5.91. The summed E-state index contributed by atoms with van der Waals surface area (Å²) in [5.74, 6) is -0.332. The van der Waals surface area contributed by atoms with Crippen molar-refractivity contribution in [2.45, 2.75) is 34.6 Å². The molecule has 0 saturated heterocycles. The van der Waals surface area contributed by atoms with Gasteiger partial charge >= 0.3 is 5.97 Å². The van der Waals surface area contributed by atoms with Crippen molar-refractivity contribution in [3.8, 4) is 0 Å². The highest BCUT2D eigenvalue weighted by molar-refractivity contribution is 5.82. The molecular weight excluding hydrogens is 206 g/mol. The Morgan fingerprint density at radius 1 is 1.06 bits per heavy atom. The van der Waals surface area contributed by atoms with Gasteiger partial charge in [0.25, 0.3) is 0 Å². The summed E-state index contributed by atoms with van der Waals surface area (Å²) in [6.07, 6.45) is 0. The van der Waals surface area contributed by atoms with Crippen LogP contribution in [0.1, 0.15) is 34.6 Å². The van der Waals surface area contributed by atoms with E-state index in [4.69, 9.17) is 4.74 Å². The van der Waals surface area contributed by atoms with Crippen molar-refractivity contribution in [2.75, 3.05) is 20.7 Å². The summed E-state index contributed by atoms with van der Waals surface area (Å²) in [4.78, 5) is 24.8.